The van der Waals surface area contributed by atoms with Crippen molar-refractivity contribution in [3.63, 3.8) is 0 Å². The summed E-state index contributed by atoms with van der Waals surface area (Å²) >= 11 is 3.52. The molecule has 1 aliphatic carbocycles. The number of aromatic nitrogens is 1. The van der Waals surface area contributed by atoms with Crippen molar-refractivity contribution >= 4 is 15.9 Å². The molecule has 0 bridgehead atoms. The molecule has 1 aromatic carbocycles. The molecule has 1 atom stereocenters. The van der Waals surface area contributed by atoms with Crippen molar-refractivity contribution in [2.75, 3.05) is 7.11 Å². The molecule has 0 radical (unpaired) electrons. The van der Waals surface area contributed by atoms with Gasteiger partial charge in [-0.15, -0.1) is 0 Å². The summed E-state index contributed by atoms with van der Waals surface area (Å²) in [5.41, 5.74) is 3.31. The van der Waals surface area contributed by atoms with E-state index in [9.17, 15) is 5.11 Å². The number of fused-ring (bicyclic) bond motifs is 1. The van der Waals surface area contributed by atoms with Crippen LogP contribution in [0.5, 0.6) is 5.75 Å². The van der Waals surface area contributed by atoms with Crippen LogP contribution in [0.3, 0.4) is 0 Å². The van der Waals surface area contributed by atoms with E-state index in [1.54, 1.807) is 7.11 Å². The summed E-state index contributed by atoms with van der Waals surface area (Å²) in [5, 5.41) is 10.4. The fourth-order valence-electron chi connectivity index (χ4n) is 3.21. The van der Waals surface area contributed by atoms with Gasteiger partial charge in [-0.25, -0.2) is 0 Å². The Bertz CT molecular complexity index is 675. The predicted octanol–water partition coefficient (Wildman–Crippen LogP) is 4.25. The number of hydrogen-bond acceptors (Lipinski definition) is 2. The minimum Gasteiger partial charge on any atom is -0.495 e. The highest BCUT2D eigenvalue weighted by Crippen LogP contribution is 2.42. The average molecular weight is 350 g/mol. The van der Waals surface area contributed by atoms with E-state index in [0.29, 0.717) is 0 Å². The third-order valence-corrected chi connectivity index (χ3v) is 4.67. The average Bonchev–Trinajstić information content (AvgIpc) is 2.80. The van der Waals surface area contributed by atoms with Gasteiger partial charge >= 0.3 is 0 Å². The number of methoxy groups -OCH3 is 1. The first-order valence-corrected chi connectivity index (χ1v) is 7.93. The van der Waals surface area contributed by atoms with E-state index in [1.807, 2.05) is 30.5 Å². The number of aliphatic hydroxyl groups excluding tert-OH is 1. The highest BCUT2D eigenvalue weighted by molar-refractivity contribution is 9.10. The van der Waals surface area contributed by atoms with E-state index in [2.05, 4.69) is 34.3 Å². The summed E-state index contributed by atoms with van der Waals surface area (Å²) in [4.78, 5) is 0. The van der Waals surface area contributed by atoms with Crippen molar-refractivity contribution < 1.29 is 9.84 Å². The molecule has 2 aromatic rings. The molecule has 1 aliphatic rings. The van der Waals surface area contributed by atoms with Crippen LogP contribution in [0, 0.1) is 5.41 Å². The summed E-state index contributed by atoms with van der Waals surface area (Å²) in [7, 11) is 1.68. The number of rotatable bonds is 2. The Hall–Kier alpha value is -1.26. The van der Waals surface area contributed by atoms with Crippen LogP contribution in [0.4, 0.5) is 0 Å². The zero-order chi connectivity index (χ0) is 15.2. The number of ether oxygens (including phenoxy) is 1. The zero-order valence-electron chi connectivity index (χ0n) is 12.6. The van der Waals surface area contributed by atoms with Crippen molar-refractivity contribution in [3.8, 4) is 11.4 Å². The predicted molar refractivity (Wildman–Crippen MR) is 87.1 cm³/mol. The van der Waals surface area contributed by atoms with E-state index in [1.165, 1.54) is 5.69 Å². The second kappa shape index (κ2) is 5.18. The van der Waals surface area contributed by atoms with Gasteiger partial charge in [-0.05, 0) is 42.5 Å². The highest BCUT2D eigenvalue weighted by Gasteiger charge is 2.33. The lowest BCUT2D eigenvalue weighted by atomic mass is 9.75. The maximum Gasteiger partial charge on any atom is 0.142 e. The van der Waals surface area contributed by atoms with Crippen LogP contribution in [0.1, 0.15) is 37.6 Å². The molecule has 3 nitrogen and oxygen atoms in total. The van der Waals surface area contributed by atoms with Crippen LogP contribution in [-0.2, 0) is 6.42 Å². The third kappa shape index (κ3) is 2.62. The van der Waals surface area contributed by atoms with Gasteiger partial charge in [-0.2, -0.15) is 0 Å². The van der Waals surface area contributed by atoms with Gasteiger partial charge in [0.25, 0.3) is 0 Å². The number of benzene rings is 1. The number of hydrogen-bond donors (Lipinski definition) is 1. The summed E-state index contributed by atoms with van der Waals surface area (Å²) in [6.07, 6.45) is 3.39. The molecule has 0 saturated carbocycles. The van der Waals surface area contributed by atoms with Crippen LogP contribution >= 0.6 is 15.9 Å². The fraction of sp³-hybridized carbons (Fsp3) is 0.412. The summed E-state index contributed by atoms with van der Waals surface area (Å²) in [6.45, 7) is 4.41. The molecule has 0 spiro atoms. The fourth-order valence-corrected chi connectivity index (χ4v) is 3.56. The second-order valence-corrected chi connectivity index (χ2v) is 7.38. The molecule has 1 aromatic heterocycles. The molecule has 112 valence electrons. The van der Waals surface area contributed by atoms with E-state index >= 15 is 0 Å². The van der Waals surface area contributed by atoms with Gasteiger partial charge in [0.05, 0.1) is 18.9 Å². The Morgan fingerprint density at radius 3 is 2.81 bits per heavy atom. The number of halogens is 1. The Labute approximate surface area is 133 Å². The SMILES string of the molecule is COc1ccc(Br)cc1-n1ccc2c1CC(C)(C)CC2O. The highest BCUT2D eigenvalue weighted by atomic mass is 79.9. The van der Waals surface area contributed by atoms with E-state index in [0.717, 1.165) is 34.3 Å². The smallest absolute Gasteiger partial charge is 0.142 e. The summed E-state index contributed by atoms with van der Waals surface area (Å²) < 4.78 is 8.64. The molecule has 1 heterocycles. The van der Waals surface area contributed by atoms with Gasteiger partial charge in [-0.1, -0.05) is 29.8 Å². The molecule has 3 rings (SSSR count). The Balaban J connectivity index is 2.16. The van der Waals surface area contributed by atoms with Crippen LogP contribution in [0.2, 0.25) is 0 Å². The van der Waals surface area contributed by atoms with Crippen molar-refractivity contribution in [1.29, 1.82) is 0 Å². The topological polar surface area (TPSA) is 34.4 Å². The molecule has 0 aliphatic heterocycles. The van der Waals surface area contributed by atoms with Gasteiger partial charge in [0.1, 0.15) is 5.75 Å². The lowest BCUT2D eigenvalue weighted by Crippen LogP contribution is -2.26. The van der Waals surface area contributed by atoms with Crippen molar-refractivity contribution in [3.05, 3.63) is 46.2 Å². The Morgan fingerprint density at radius 1 is 1.33 bits per heavy atom. The first kappa shape index (κ1) is 14.7. The second-order valence-electron chi connectivity index (χ2n) is 6.46. The van der Waals surface area contributed by atoms with Crippen LogP contribution in [0.25, 0.3) is 5.69 Å². The van der Waals surface area contributed by atoms with Crippen molar-refractivity contribution in [2.45, 2.75) is 32.8 Å². The van der Waals surface area contributed by atoms with Gasteiger partial charge in [0.15, 0.2) is 0 Å². The summed E-state index contributed by atoms with van der Waals surface area (Å²) in [5.74, 6) is 0.828. The lowest BCUT2D eigenvalue weighted by Gasteiger charge is -2.34. The maximum absolute atomic E-state index is 10.4. The van der Waals surface area contributed by atoms with E-state index < -0.39 is 0 Å². The van der Waals surface area contributed by atoms with Crippen molar-refractivity contribution in [1.82, 2.24) is 4.57 Å². The minimum absolute atomic E-state index is 0.0990. The third-order valence-electron chi connectivity index (χ3n) is 4.18. The van der Waals surface area contributed by atoms with Crippen LogP contribution < -0.4 is 4.74 Å². The van der Waals surface area contributed by atoms with Gasteiger partial charge in [0.2, 0.25) is 0 Å². The molecule has 0 saturated heterocycles. The summed E-state index contributed by atoms with van der Waals surface area (Å²) in [6, 6.07) is 8.00. The first-order valence-electron chi connectivity index (χ1n) is 7.13. The van der Waals surface area contributed by atoms with E-state index in [4.69, 9.17) is 4.74 Å². The van der Waals surface area contributed by atoms with Gasteiger partial charge in [0, 0.05) is 21.9 Å². The quantitative estimate of drug-likeness (QED) is 0.879. The maximum atomic E-state index is 10.4. The Morgan fingerprint density at radius 2 is 2.10 bits per heavy atom. The molecule has 4 heteroatoms. The molecule has 0 amide bonds. The standard InChI is InChI=1S/C17H20BrNO2/c1-17(2)9-14-12(15(20)10-17)6-7-19(14)13-8-11(18)4-5-16(13)21-3/h4-8,15,20H,9-10H2,1-3H3. The molecule has 1 N–H and O–H groups in total. The normalized spacial score (nSPS) is 20.1. The van der Waals surface area contributed by atoms with Crippen LogP contribution in [-0.4, -0.2) is 16.8 Å². The number of nitrogens with zero attached hydrogens (tertiary/aromatic N) is 1. The lowest BCUT2D eigenvalue weighted by molar-refractivity contribution is 0.0986. The van der Waals surface area contributed by atoms with E-state index in [-0.39, 0.29) is 11.5 Å². The zero-order valence-corrected chi connectivity index (χ0v) is 14.1. The largest absolute Gasteiger partial charge is 0.495 e. The van der Waals surface area contributed by atoms with Crippen LogP contribution in [0.15, 0.2) is 34.9 Å². The molecule has 0 fully saturated rings. The van der Waals surface area contributed by atoms with Gasteiger partial charge in [-0.3, -0.25) is 0 Å². The first-order chi connectivity index (χ1) is 9.91. The molecule has 21 heavy (non-hydrogen) atoms. The minimum atomic E-state index is -0.386. The molecule has 1 unspecified atom stereocenters. The van der Waals surface area contributed by atoms with Gasteiger partial charge < -0.3 is 14.4 Å². The molecular formula is C17H20BrNO2. The number of aliphatic hydroxyl groups is 1. The van der Waals surface area contributed by atoms with Crippen molar-refractivity contribution in [2.24, 2.45) is 5.41 Å². The monoisotopic (exact) mass is 349 g/mol. The molecular weight excluding hydrogens is 330 g/mol. The Kier molecular flexibility index (Phi) is 3.62.